The molecule has 0 aliphatic heterocycles. The lowest BCUT2D eigenvalue weighted by atomic mass is 9.97. The summed E-state index contributed by atoms with van der Waals surface area (Å²) in [6.07, 6.45) is 0.275. The van der Waals surface area contributed by atoms with Crippen LogP contribution in [0.3, 0.4) is 0 Å². The largest absolute Gasteiger partial charge is 0.507 e. The molecular formula is C45H34N6O4. The first-order valence-corrected chi connectivity index (χ1v) is 17.5. The fraction of sp³-hybridized carbons (Fsp3) is 0.0667. The van der Waals surface area contributed by atoms with Crippen LogP contribution < -0.4 is 9.47 Å². The summed E-state index contributed by atoms with van der Waals surface area (Å²) in [6.45, 7) is 0. The lowest BCUT2D eigenvalue weighted by Crippen LogP contribution is -2.03. The average molecular weight is 723 g/mol. The Bertz CT molecular complexity index is 2310. The van der Waals surface area contributed by atoms with Gasteiger partial charge in [0.1, 0.15) is 23.0 Å². The molecule has 0 bridgehead atoms. The first-order valence-electron chi connectivity index (χ1n) is 17.5. The summed E-state index contributed by atoms with van der Waals surface area (Å²) in [5.41, 5.74) is 5.43. The zero-order chi connectivity index (χ0) is 37.7. The molecule has 2 N–H and O–H groups in total. The number of nitrogens with zero attached hydrogens (tertiary/aromatic N) is 6. The second-order valence-electron chi connectivity index (χ2n) is 12.6. The minimum atomic E-state index is -0.0600. The summed E-state index contributed by atoms with van der Waals surface area (Å²) in [4.78, 5) is 28.9. The average Bonchev–Trinajstić information content (AvgIpc) is 3.25. The van der Waals surface area contributed by atoms with Gasteiger partial charge in [0.25, 0.3) is 0 Å². The SMILES string of the molecule is COc1cc(O)c(-c2nc(-c3ccccc3)nc(-c3ccccc3)n2)cc1Cc1cc(-c2nc(-c3ccccc3)nc(-c3ccccc3)n2)c(O)cc1OC. The van der Waals surface area contributed by atoms with Gasteiger partial charge in [0, 0.05) is 40.8 Å². The van der Waals surface area contributed by atoms with Gasteiger partial charge < -0.3 is 19.7 Å². The van der Waals surface area contributed by atoms with Crippen LogP contribution in [0.1, 0.15) is 11.1 Å². The van der Waals surface area contributed by atoms with Gasteiger partial charge in [-0.05, 0) is 23.3 Å². The van der Waals surface area contributed by atoms with Crippen molar-refractivity contribution in [3.8, 4) is 91.3 Å². The van der Waals surface area contributed by atoms with Gasteiger partial charge in [-0.25, -0.2) is 29.9 Å². The van der Waals surface area contributed by atoms with Gasteiger partial charge >= 0.3 is 0 Å². The van der Waals surface area contributed by atoms with Crippen molar-refractivity contribution >= 4 is 0 Å². The Balaban J connectivity index is 1.25. The predicted octanol–water partition coefficient (Wildman–Crippen LogP) is 9.08. The summed E-state index contributed by atoms with van der Waals surface area (Å²) in [5.74, 6) is 3.21. The van der Waals surface area contributed by atoms with Gasteiger partial charge in [-0.15, -0.1) is 0 Å². The fourth-order valence-corrected chi connectivity index (χ4v) is 6.31. The number of ether oxygens (including phenoxy) is 2. The Morgan fingerprint density at radius 1 is 0.382 bits per heavy atom. The molecule has 2 aromatic heterocycles. The molecule has 10 heteroatoms. The van der Waals surface area contributed by atoms with Gasteiger partial charge in [0.2, 0.25) is 0 Å². The van der Waals surface area contributed by atoms with Crippen molar-refractivity contribution in [3.63, 3.8) is 0 Å². The molecule has 0 saturated carbocycles. The molecule has 0 spiro atoms. The molecule has 0 saturated heterocycles. The summed E-state index contributed by atoms with van der Waals surface area (Å²) in [7, 11) is 3.09. The number of hydrogen-bond donors (Lipinski definition) is 2. The molecule has 268 valence electrons. The Hall–Kier alpha value is -7.46. The highest BCUT2D eigenvalue weighted by atomic mass is 16.5. The van der Waals surface area contributed by atoms with Crippen molar-refractivity contribution in [1.29, 1.82) is 0 Å². The molecule has 6 aromatic carbocycles. The molecule has 10 nitrogen and oxygen atoms in total. The van der Waals surface area contributed by atoms with Gasteiger partial charge in [-0.2, -0.15) is 0 Å². The highest BCUT2D eigenvalue weighted by Crippen LogP contribution is 2.40. The van der Waals surface area contributed by atoms with Crippen LogP contribution in [0.4, 0.5) is 0 Å². The molecule has 8 aromatic rings. The van der Waals surface area contributed by atoms with E-state index in [2.05, 4.69) is 0 Å². The lowest BCUT2D eigenvalue weighted by molar-refractivity contribution is 0.399. The van der Waals surface area contributed by atoms with Crippen LogP contribution in [0, 0.1) is 0 Å². The number of aromatic nitrogens is 6. The van der Waals surface area contributed by atoms with E-state index in [1.165, 1.54) is 0 Å². The highest BCUT2D eigenvalue weighted by molar-refractivity contribution is 5.74. The van der Waals surface area contributed by atoms with E-state index in [1.54, 1.807) is 26.4 Å². The van der Waals surface area contributed by atoms with Crippen molar-refractivity contribution in [2.75, 3.05) is 14.2 Å². The van der Waals surface area contributed by atoms with E-state index in [0.717, 1.165) is 22.3 Å². The van der Waals surface area contributed by atoms with Crippen molar-refractivity contribution in [2.24, 2.45) is 0 Å². The summed E-state index contributed by atoms with van der Waals surface area (Å²) in [5, 5.41) is 22.8. The molecule has 55 heavy (non-hydrogen) atoms. The zero-order valence-electron chi connectivity index (χ0n) is 30.0. The smallest absolute Gasteiger partial charge is 0.167 e. The third-order valence-electron chi connectivity index (χ3n) is 9.06. The Morgan fingerprint density at radius 2 is 0.655 bits per heavy atom. The summed E-state index contributed by atoms with van der Waals surface area (Å²) in [6, 6.07) is 45.3. The van der Waals surface area contributed by atoms with E-state index in [1.807, 2.05) is 133 Å². The van der Waals surface area contributed by atoms with Gasteiger partial charge in [0.05, 0.1) is 25.3 Å². The first-order chi connectivity index (χ1) is 27.0. The summed E-state index contributed by atoms with van der Waals surface area (Å²) >= 11 is 0. The maximum Gasteiger partial charge on any atom is 0.167 e. The molecule has 0 fully saturated rings. The standard InChI is InChI=1S/C45H34N6O4/c1-54-38-26-36(52)34(44-48-40(28-15-7-3-8-16-28)46-41(49-44)29-17-9-4-10-18-29)24-32(38)23-33-25-35(37(53)27-39(33)55-2)45-50-42(30-19-11-5-12-20-30)47-43(51-45)31-21-13-6-14-22-31/h3-22,24-27,52-53H,23H2,1-2H3. The molecule has 8 rings (SSSR count). The van der Waals surface area contributed by atoms with Crippen LogP contribution >= 0.6 is 0 Å². The van der Waals surface area contributed by atoms with E-state index >= 15 is 0 Å². The van der Waals surface area contributed by atoms with Gasteiger partial charge in [0.15, 0.2) is 34.9 Å². The molecule has 0 radical (unpaired) electrons. The van der Waals surface area contributed by atoms with E-state index in [4.69, 9.17) is 39.4 Å². The van der Waals surface area contributed by atoms with Gasteiger partial charge in [-0.1, -0.05) is 121 Å². The number of rotatable bonds is 10. The Kier molecular flexibility index (Phi) is 9.60. The van der Waals surface area contributed by atoms with Crippen LogP contribution in [0.25, 0.3) is 68.3 Å². The number of phenolic OH excluding ortho intramolecular Hbond substituents is 2. The number of hydrogen-bond acceptors (Lipinski definition) is 10. The van der Waals surface area contributed by atoms with E-state index in [0.29, 0.717) is 68.7 Å². The third-order valence-corrected chi connectivity index (χ3v) is 9.06. The zero-order valence-corrected chi connectivity index (χ0v) is 30.0. The molecule has 0 aliphatic rings. The van der Waals surface area contributed by atoms with Crippen LogP contribution in [-0.2, 0) is 6.42 Å². The molecular weight excluding hydrogens is 689 g/mol. The highest BCUT2D eigenvalue weighted by Gasteiger charge is 2.22. The first kappa shape index (κ1) is 34.6. The molecule has 0 aliphatic carbocycles. The number of aromatic hydroxyl groups is 2. The quantitative estimate of drug-likeness (QED) is 0.141. The normalized spacial score (nSPS) is 10.9. The molecule has 0 unspecified atom stereocenters. The Morgan fingerprint density at radius 3 is 0.927 bits per heavy atom. The van der Waals surface area contributed by atoms with Crippen molar-refractivity contribution in [2.45, 2.75) is 6.42 Å². The predicted molar refractivity (Wildman–Crippen MR) is 212 cm³/mol. The van der Waals surface area contributed by atoms with E-state index in [9.17, 15) is 10.2 Å². The second kappa shape index (κ2) is 15.3. The van der Waals surface area contributed by atoms with Crippen LogP contribution in [0.5, 0.6) is 23.0 Å². The van der Waals surface area contributed by atoms with Crippen LogP contribution in [0.2, 0.25) is 0 Å². The van der Waals surface area contributed by atoms with Crippen molar-refractivity contribution < 1.29 is 19.7 Å². The topological polar surface area (TPSA) is 136 Å². The fourth-order valence-electron chi connectivity index (χ4n) is 6.31. The Labute approximate surface area is 317 Å². The number of methoxy groups -OCH3 is 2. The van der Waals surface area contributed by atoms with E-state index < -0.39 is 0 Å². The van der Waals surface area contributed by atoms with Crippen molar-refractivity contribution in [3.05, 3.63) is 157 Å². The molecule has 0 atom stereocenters. The maximum absolute atomic E-state index is 11.4. The lowest BCUT2D eigenvalue weighted by Gasteiger charge is -2.16. The monoisotopic (exact) mass is 722 g/mol. The minimum absolute atomic E-state index is 0.0600. The molecule has 0 amide bonds. The molecule has 2 heterocycles. The maximum atomic E-state index is 11.4. The second-order valence-corrected chi connectivity index (χ2v) is 12.6. The van der Waals surface area contributed by atoms with Gasteiger partial charge in [-0.3, -0.25) is 0 Å². The minimum Gasteiger partial charge on any atom is -0.507 e. The van der Waals surface area contributed by atoms with Crippen LogP contribution in [0.15, 0.2) is 146 Å². The van der Waals surface area contributed by atoms with Crippen molar-refractivity contribution in [1.82, 2.24) is 29.9 Å². The number of benzene rings is 6. The third kappa shape index (κ3) is 7.29. The number of phenols is 2. The van der Waals surface area contributed by atoms with Crippen LogP contribution in [-0.4, -0.2) is 54.3 Å². The van der Waals surface area contributed by atoms with E-state index in [-0.39, 0.29) is 17.9 Å². The summed E-state index contributed by atoms with van der Waals surface area (Å²) < 4.78 is 11.6.